The van der Waals surface area contributed by atoms with Crippen LogP contribution in [0, 0.1) is 0 Å². The van der Waals surface area contributed by atoms with Gasteiger partial charge in [0.25, 0.3) is 0 Å². The number of rotatable bonds is 7. The van der Waals surface area contributed by atoms with Gasteiger partial charge in [0.15, 0.2) is 0 Å². The molecule has 2 aromatic carbocycles. The fourth-order valence-corrected chi connectivity index (χ4v) is 4.68. The molecule has 2 N–H and O–H groups in total. The summed E-state index contributed by atoms with van der Waals surface area (Å²) in [5.74, 6) is 1.26. The molecule has 1 aliphatic rings. The van der Waals surface area contributed by atoms with Crippen molar-refractivity contribution in [2.75, 3.05) is 55.9 Å². The molecule has 0 saturated carbocycles. The van der Waals surface area contributed by atoms with Gasteiger partial charge in [0.1, 0.15) is 11.6 Å². The van der Waals surface area contributed by atoms with Gasteiger partial charge in [-0.25, -0.2) is 4.98 Å². The summed E-state index contributed by atoms with van der Waals surface area (Å²) in [6.45, 7) is 7.63. The number of benzene rings is 2. The summed E-state index contributed by atoms with van der Waals surface area (Å²) in [5, 5.41) is 6.27. The zero-order valence-electron chi connectivity index (χ0n) is 21.5. The van der Waals surface area contributed by atoms with Crippen LogP contribution < -0.4 is 20.3 Å². The normalized spacial score (nSPS) is 14.0. The first-order valence-corrected chi connectivity index (χ1v) is 12.3. The average molecular weight is 497 g/mol. The molecule has 0 radical (unpaired) electrons. The minimum Gasteiger partial charge on any atom is -0.494 e. The molecular formula is C29H32N6O2. The van der Waals surface area contributed by atoms with Crippen LogP contribution in [0.15, 0.2) is 73.4 Å². The second kappa shape index (κ2) is 10.4. The summed E-state index contributed by atoms with van der Waals surface area (Å²) in [6.07, 6.45) is 3.32. The lowest BCUT2D eigenvalue weighted by molar-refractivity contribution is -0.111. The van der Waals surface area contributed by atoms with Gasteiger partial charge in [-0.1, -0.05) is 18.7 Å². The summed E-state index contributed by atoms with van der Waals surface area (Å²) in [7, 11) is 5.85. The number of hydrogen-bond acceptors (Lipinski definition) is 6. The Hall–Kier alpha value is -4.30. The maximum Gasteiger partial charge on any atom is 0.247 e. The van der Waals surface area contributed by atoms with Crippen LogP contribution in [0.25, 0.3) is 22.2 Å². The number of hydrogen-bond donors (Lipinski definition) is 2. The number of likely N-dealkylation sites (N-methyl/N-ethyl adjacent to an activating group) is 1. The van der Waals surface area contributed by atoms with Crippen LogP contribution in [0.3, 0.4) is 0 Å². The molecule has 0 spiro atoms. The van der Waals surface area contributed by atoms with Crippen LogP contribution in [0.4, 0.5) is 22.9 Å². The highest BCUT2D eigenvalue weighted by molar-refractivity contribution is 6.00. The zero-order chi connectivity index (χ0) is 25.9. The molecule has 0 unspecified atom stereocenters. The maximum atomic E-state index is 11.8. The standard InChI is InChI=1S/C29H32N6O2/c1-5-28(36)30-21-8-6-7-20(17-21)23-19-34(3)25-11-12-27(32-29(23)25)31-24-10-9-22(18-26(24)37-4)35-15-13-33(2)14-16-35/h5-12,17-19H,1,13-16H2,2-4H3,(H,30,36)(H,31,32). The first kappa shape index (κ1) is 24.4. The van der Waals surface area contributed by atoms with Gasteiger partial charge in [0, 0.05) is 62.4 Å². The van der Waals surface area contributed by atoms with Crippen molar-refractivity contribution < 1.29 is 9.53 Å². The second-order valence-electron chi connectivity index (χ2n) is 9.29. The average Bonchev–Trinajstić information content (AvgIpc) is 3.25. The molecule has 1 amide bonds. The Morgan fingerprint density at radius 1 is 1.05 bits per heavy atom. The van der Waals surface area contributed by atoms with Gasteiger partial charge in [-0.15, -0.1) is 0 Å². The molecule has 4 aromatic rings. The van der Waals surface area contributed by atoms with Crippen LogP contribution in [0.1, 0.15) is 0 Å². The Balaban J connectivity index is 1.44. The summed E-state index contributed by atoms with van der Waals surface area (Å²) in [6, 6.07) is 18.0. The largest absolute Gasteiger partial charge is 0.494 e. The van der Waals surface area contributed by atoms with Gasteiger partial charge < -0.3 is 29.7 Å². The van der Waals surface area contributed by atoms with Crippen LogP contribution in [0.2, 0.25) is 0 Å². The predicted octanol–water partition coefficient (Wildman–Crippen LogP) is 4.87. The van der Waals surface area contributed by atoms with Crippen LogP contribution in [-0.4, -0.2) is 60.7 Å². The zero-order valence-corrected chi connectivity index (χ0v) is 21.5. The number of fused-ring (bicyclic) bond motifs is 1. The van der Waals surface area contributed by atoms with Crippen LogP contribution in [-0.2, 0) is 11.8 Å². The van der Waals surface area contributed by atoms with Crippen LogP contribution in [0.5, 0.6) is 5.75 Å². The highest BCUT2D eigenvalue weighted by atomic mass is 16.5. The number of methoxy groups -OCH3 is 1. The topological polar surface area (TPSA) is 74.7 Å². The molecule has 37 heavy (non-hydrogen) atoms. The van der Waals surface area contributed by atoms with Gasteiger partial charge in [0.05, 0.1) is 23.8 Å². The predicted molar refractivity (Wildman–Crippen MR) is 151 cm³/mol. The minimum atomic E-state index is -0.243. The molecule has 190 valence electrons. The summed E-state index contributed by atoms with van der Waals surface area (Å²) >= 11 is 0. The molecule has 0 bridgehead atoms. The summed E-state index contributed by atoms with van der Waals surface area (Å²) in [4.78, 5) is 21.5. The number of piperazine rings is 1. The van der Waals surface area contributed by atoms with E-state index in [9.17, 15) is 4.79 Å². The van der Waals surface area contributed by atoms with Gasteiger partial charge in [-0.05, 0) is 55.1 Å². The quantitative estimate of drug-likeness (QED) is 0.356. The summed E-state index contributed by atoms with van der Waals surface area (Å²) < 4.78 is 7.79. The van der Waals surface area contributed by atoms with E-state index in [4.69, 9.17) is 9.72 Å². The summed E-state index contributed by atoms with van der Waals surface area (Å²) in [5.41, 5.74) is 6.55. The Morgan fingerprint density at radius 3 is 2.62 bits per heavy atom. The number of aromatic nitrogens is 2. The molecule has 1 aliphatic heterocycles. The molecule has 0 atom stereocenters. The second-order valence-corrected chi connectivity index (χ2v) is 9.29. The molecular weight excluding hydrogens is 464 g/mol. The highest BCUT2D eigenvalue weighted by Crippen LogP contribution is 2.35. The Kier molecular flexibility index (Phi) is 6.83. The van der Waals surface area contributed by atoms with E-state index in [1.807, 2.05) is 37.4 Å². The van der Waals surface area contributed by atoms with E-state index in [1.165, 1.54) is 6.08 Å². The third-order valence-electron chi connectivity index (χ3n) is 6.77. The molecule has 8 heteroatoms. The van der Waals surface area contributed by atoms with Gasteiger partial charge in [-0.3, -0.25) is 4.79 Å². The van der Waals surface area contributed by atoms with Crippen molar-refractivity contribution in [3.05, 3.63) is 73.4 Å². The monoisotopic (exact) mass is 496 g/mol. The third kappa shape index (κ3) is 5.15. The maximum absolute atomic E-state index is 11.8. The Labute approximate surface area is 217 Å². The van der Waals surface area contributed by atoms with Gasteiger partial charge in [-0.2, -0.15) is 0 Å². The third-order valence-corrected chi connectivity index (χ3v) is 6.77. The Morgan fingerprint density at radius 2 is 1.86 bits per heavy atom. The molecule has 1 saturated heterocycles. The molecule has 2 aromatic heterocycles. The first-order chi connectivity index (χ1) is 17.9. The molecule has 5 rings (SSSR count). The van der Waals surface area contributed by atoms with Crippen molar-refractivity contribution in [3.8, 4) is 16.9 Å². The van der Waals surface area contributed by atoms with Crippen molar-refractivity contribution >= 4 is 39.8 Å². The fraction of sp³-hybridized carbons (Fsp3) is 0.241. The lowest BCUT2D eigenvalue weighted by Gasteiger charge is -2.34. The minimum absolute atomic E-state index is 0.243. The molecule has 8 nitrogen and oxygen atoms in total. The van der Waals surface area contributed by atoms with E-state index in [2.05, 4.69) is 69.1 Å². The van der Waals surface area contributed by atoms with Crippen molar-refractivity contribution in [2.24, 2.45) is 7.05 Å². The SMILES string of the molecule is C=CC(=O)Nc1cccc(-c2cn(C)c3ccc(Nc4ccc(N5CCN(C)CC5)cc4OC)nc23)c1. The molecule has 0 aliphatic carbocycles. The van der Waals surface area contributed by atoms with Crippen LogP contribution >= 0.6 is 0 Å². The van der Waals surface area contributed by atoms with E-state index in [1.54, 1.807) is 7.11 Å². The smallest absolute Gasteiger partial charge is 0.247 e. The number of anilines is 4. The highest BCUT2D eigenvalue weighted by Gasteiger charge is 2.17. The van der Waals surface area contributed by atoms with Crippen molar-refractivity contribution in [1.29, 1.82) is 0 Å². The Bertz CT molecular complexity index is 1450. The number of ether oxygens (including phenoxy) is 1. The van der Waals surface area contributed by atoms with Crippen molar-refractivity contribution in [1.82, 2.24) is 14.5 Å². The lowest BCUT2D eigenvalue weighted by Crippen LogP contribution is -2.44. The number of aryl methyl sites for hydroxylation is 1. The number of carbonyl (C=O) groups is 1. The number of pyridine rings is 1. The number of carbonyl (C=O) groups excluding carboxylic acids is 1. The first-order valence-electron chi connectivity index (χ1n) is 12.3. The lowest BCUT2D eigenvalue weighted by atomic mass is 10.1. The fourth-order valence-electron chi connectivity index (χ4n) is 4.68. The van der Waals surface area contributed by atoms with Gasteiger partial charge in [0.2, 0.25) is 5.91 Å². The van der Waals surface area contributed by atoms with Gasteiger partial charge >= 0.3 is 0 Å². The number of amides is 1. The number of nitrogens with zero attached hydrogens (tertiary/aromatic N) is 4. The number of nitrogens with one attached hydrogen (secondary N) is 2. The van der Waals surface area contributed by atoms with E-state index >= 15 is 0 Å². The van der Waals surface area contributed by atoms with Crippen molar-refractivity contribution in [2.45, 2.75) is 0 Å². The van der Waals surface area contributed by atoms with E-state index < -0.39 is 0 Å². The van der Waals surface area contributed by atoms with E-state index in [-0.39, 0.29) is 5.91 Å². The van der Waals surface area contributed by atoms with E-state index in [0.717, 1.165) is 71.3 Å². The van der Waals surface area contributed by atoms with Crippen molar-refractivity contribution in [3.63, 3.8) is 0 Å². The molecule has 3 heterocycles. The molecule has 1 fully saturated rings. The van der Waals surface area contributed by atoms with E-state index in [0.29, 0.717) is 5.69 Å².